The highest BCUT2D eigenvalue weighted by atomic mass is 32.1. The molecule has 0 aromatic carbocycles. The van der Waals surface area contributed by atoms with Gasteiger partial charge >= 0.3 is 0 Å². The Morgan fingerprint density at radius 1 is 1.26 bits per heavy atom. The standard InChI is InChI=1S/C14H22N4S/c1-9-5-4-7-18(8-6-9)14-12(13(15)19)10(2)11(3)16-17-14/h9H,4-8H2,1-3H3,(H2,15,19). The average molecular weight is 278 g/mol. The Kier molecular flexibility index (Phi) is 4.34. The first-order valence-corrected chi connectivity index (χ1v) is 7.30. The molecule has 2 heterocycles. The minimum atomic E-state index is 0.419. The molecule has 0 bridgehead atoms. The largest absolute Gasteiger partial charge is 0.389 e. The maximum Gasteiger partial charge on any atom is 0.161 e. The van der Waals surface area contributed by atoms with Crippen molar-refractivity contribution >= 4 is 23.0 Å². The molecule has 1 aromatic heterocycles. The molecule has 1 fully saturated rings. The van der Waals surface area contributed by atoms with Crippen LogP contribution in [0.1, 0.15) is 43.0 Å². The highest BCUT2D eigenvalue weighted by molar-refractivity contribution is 7.80. The van der Waals surface area contributed by atoms with E-state index in [1.165, 1.54) is 19.3 Å². The maximum absolute atomic E-state index is 5.89. The molecule has 4 nitrogen and oxygen atoms in total. The zero-order valence-corrected chi connectivity index (χ0v) is 12.8. The molecule has 1 saturated heterocycles. The van der Waals surface area contributed by atoms with Gasteiger partial charge < -0.3 is 10.6 Å². The molecule has 0 radical (unpaired) electrons. The zero-order chi connectivity index (χ0) is 14.0. The normalized spacial score (nSPS) is 20.2. The van der Waals surface area contributed by atoms with Gasteiger partial charge in [0.15, 0.2) is 5.82 Å². The van der Waals surface area contributed by atoms with Crippen molar-refractivity contribution in [3.63, 3.8) is 0 Å². The van der Waals surface area contributed by atoms with E-state index < -0.39 is 0 Å². The Bertz CT molecular complexity index is 487. The van der Waals surface area contributed by atoms with Crippen molar-refractivity contribution in [3.05, 3.63) is 16.8 Å². The molecule has 1 aliphatic rings. The molecule has 2 rings (SSSR count). The number of hydrogen-bond acceptors (Lipinski definition) is 4. The van der Waals surface area contributed by atoms with E-state index in [2.05, 4.69) is 22.0 Å². The predicted molar refractivity (Wildman–Crippen MR) is 82.6 cm³/mol. The second kappa shape index (κ2) is 5.82. The highest BCUT2D eigenvalue weighted by Gasteiger charge is 2.21. The summed E-state index contributed by atoms with van der Waals surface area (Å²) in [5, 5.41) is 8.60. The molecule has 5 heteroatoms. The van der Waals surface area contributed by atoms with Crippen LogP contribution in [0.2, 0.25) is 0 Å². The lowest BCUT2D eigenvalue weighted by Crippen LogP contribution is -2.29. The van der Waals surface area contributed by atoms with Crippen molar-refractivity contribution in [2.45, 2.75) is 40.0 Å². The summed E-state index contributed by atoms with van der Waals surface area (Å²) in [4.78, 5) is 2.71. The minimum Gasteiger partial charge on any atom is -0.389 e. The molecule has 0 saturated carbocycles. The number of rotatable bonds is 2. The summed E-state index contributed by atoms with van der Waals surface area (Å²) in [6, 6.07) is 0. The smallest absolute Gasteiger partial charge is 0.161 e. The van der Waals surface area contributed by atoms with Crippen molar-refractivity contribution in [1.82, 2.24) is 10.2 Å². The van der Waals surface area contributed by atoms with Crippen LogP contribution in [0.3, 0.4) is 0 Å². The van der Waals surface area contributed by atoms with Gasteiger partial charge in [-0.05, 0) is 44.6 Å². The fraction of sp³-hybridized carbons (Fsp3) is 0.643. The zero-order valence-electron chi connectivity index (χ0n) is 11.9. The molecule has 0 spiro atoms. The third kappa shape index (κ3) is 3.03. The topological polar surface area (TPSA) is 55.0 Å². The second-order valence-corrected chi connectivity index (χ2v) is 5.94. The van der Waals surface area contributed by atoms with E-state index >= 15 is 0 Å². The fourth-order valence-electron chi connectivity index (χ4n) is 2.59. The summed E-state index contributed by atoms with van der Waals surface area (Å²) < 4.78 is 0. The number of thiocarbonyl (C=S) groups is 1. The number of aromatic nitrogens is 2. The van der Waals surface area contributed by atoms with Gasteiger partial charge in [0, 0.05) is 13.1 Å². The van der Waals surface area contributed by atoms with Gasteiger partial charge in [0.25, 0.3) is 0 Å². The molecule has 1 unspecified atom stereocenters. The molecular formula is C14H22N4S. The molecule has 0 amide bonds. The first-order chi connectivity index (χ1) is 9.00. The Hall–Kier alpha value is -1.23. The SMILES string of the molecule is Cc1nnc(N2CCCC(C)CC2)c(C(N)=S)c1C. The maximum atomic E-state index is 5.89. The van der Waals surface area contributed by atoms with E-state index in [0.29, 0.717) is 4.99 Å². The summed E-state index contributed by atoms with van der Waals surface area (Å²) in [6.07, 6.45) is 3.65. The van der Waals surface area contributed by atoms with Crippen molar-refractivity contribution in [3.8, 4) is 0 Å². The molecule has 2 N–H and O–H groups in total. The Balaban J connectivity index is 2.38. The summed E-state index contributed by atoms with van der Waals surface area (Å²) in [5.74, 6) is 1.64. The third-order valence-corrected chi connectivity index (χ3v) is 4.20. The van der Waals surface area contributed by atoms with Gasteiger partial charge in [-0.2, -0.15) is 5.10 Å². The number of aryl methyl sites for hydroxylation is 1. The van der Waals surface area contributed by atoms with Gasteiger partial charge in [-0.3, -0.25) is 0 Å². The fourth-order valence-corrected chi connectivity index (χ4v) is 2.83. The summed E-state index contributed by atoms with van der Waals surface area (Å²) in [6.45, 7) is 8.29. The Labute approximate surface area is 120 Å². The van der Waals surface area contributed by atoms with Crippen molar-refractivity contribution in [2.75, 3.05) is 18.0 Å². The first-order valence-electron chi connectivity index (χ1n) is 6.89. The quantitative estimate of drug-likeness (QED) is 0.842. The molecule has 19 heavy (non-hydrogen) atoms. The Morgan fingerprint density at radius 3 is 2.68 bits per heavy atom. The molecular weight excluding hydrogens is 256 g/mol. The third-order valence-electron chi connectivity index (χ3n) is 4.00. The highest BCUT2D eigenvalue weighted by Crippen LogP contribution is 2.26. The molecule has 1 atom stereocenters. The number of nitrogens with zero attached hydrogens (tertiary/aromatic N) is 3. The van der Waals surface area contributed by atoms with Crippen LogP contribution in [0, 0.1) is 19.8 Å². The first kappa shape index (κ1) is 14.2. The van der Waals surface area contributed by atoms with E-state index in [1.54, 1.807) is 0 Å². The van der Waals surface area contributed by atoms with Crippen LogP contribution in [-0.2, 0) is 0 Å². The molecule has 1 aromatic rings. The van der Waals surface area contributed by atoms with Crippen LogP contribution in [-0.4, -0.2) is 28.3 Å². The van der Waals surface area contributed by atoms with E-state index in [1.807, 2.05) is 13.8 Å². The lowest BCUT2D eigenvalue weighted by atomic mass is 10.0. The monoisotopic (exact) mass is 278 g/mol. The molecule has 104 valence electrons. The van der Waals surface area contributed by atoms with Gasteiger partial charge in [-0.1, -0.05) is 19.1 Å². The lowest BCUT2D eigenvalue weighted by molar-refractivity contribution is 0.521. The molecule has 0 aliphatic carbocycles. The Morgan fingerprint density at radius 2 is 2.00 bits per heavy atom. The van der Waals surface area contributed by atoms with E-state index in [0.717, 1.165) is 41.6 Å². The number of hydrogen-bond donors (Lipinski definition) is 1. The second-order valence-electron chi connectivity index (χ2n) is 5.50. The van der Waals surface area contributed by atoms with Crippen LogP contribution >= 0.6 is 12.2 Å². The van der Waals surface area contributed by atoms with Gasteiger partial charge in [0.1, 0.15) is 4.99 Å². The van der Waals surface area contributed by atoms with E-state index in [4.69, 9.17) is 18.0 Å². The lowest BCUT2D eigenvalue weighted by Gasteiger charge is -2.24. The van der Waals surface area contributed by atoms with Crippen LogP contribution < -0.4 is 10.6 Å². The van der Waals surface area contributed by atoms with Crippen LogP contribution in [0.4, 0.5) is 5.82 Å². The van der Waals surface area contributed by atoms with E-state index in [-0.39, 0.29) is 0 Å². The van der Waals surface area contributed by atoms with Crippen molar-refractivity contribution in [2.24, 2.45) is 11.7 Å². The van der Waals surface area contributed by atoms with Gasteiger partial charge in [-0.25, -0.2) is 0 Å². The average Bonchev–Trinajstić information content (AvgIpc) is 2.57. The predicted octanol–water partition coefficient (Wildman–Crippen LogP) is 2.35. The van der Waals surface area contributed by atoms with Gasteiger partial charge in [-0.15, -0.1) is 5.10 Å². The van der Waals surface area contributed by atoms with Crippen molar-refractivity contribution < 1.29 is 0 Å². The summed E-state index contributed by atoms with van der Waals surface area (Å²) >= 11 is 5.21. The van der Waals surface area contributed by atoms with Gasteiger partial charge in [0.2, 0.25) is 0 Å². The van der Waals surface area contributed by atoms with Gasteiger partial charge in [0.05, 0.1) is 11.3 Å². The van der Waals surface area contributed by atoms with Crippen LogP contribution in [0.25, 0.3) is 0 Å². The van der Waals surface area contributed by atoms with Crippen LogP contribution in [0.15, 0.2) is 0 Å². The minimum absolute atomic E-state index is 0.419. The van der Waals surface area contributed by atoms with E-state index in [9.17, 15) is 0 Å². The van der Waals surface area contributed by atoms with Crippen LogP contribution in [0.5, 0.6) is 0 Å². The van der Waals surface area contributed by atoms with Crippen molar-refractivity contribution in [1.29, 1.82) is 0 Å². The number of nitrogens with two attached hydrogens (primary N) is 1. The summed E-state index contributed by atoms with van der Waals surface area (Å²) in [5.41, 5.74) is 8.74. The molecule has 1 aliphatic heterocycles. The number of anilines is 1. The summed E-state index contributed by atoms with van der Waals surface area (Å²) in [7, 11) is 0.